The molecule has 0 amide bonds. The summed E-state index contributed by atoms with van der Waals surface area (Å²) in [5.41, 5.74) is 3.91. The summed E-state index contributed by atoms with van der Waals surface area (Å²) in [6, 6.07) is 8.77. The molecule has 1 aromatic carbocycles. The molecule has 1 unspecified atom stereocenters. The minimum Gasteiger partial charge on any atom is -0.356 e. The van der Waals surface area contributed by atoms with Crippen molar-refractivity contribution >= 4 is 17.3 Å². The molecule has 0 radical (unpaired) electrons. The van der Waals surface area contributed by atoms with Crippen molar-refractivity contribution in [3.05, 3.63) is 51.0 Å². The molecule has 0 spiro atoms. The van der Waals surface area contributed by atoms with E-state index in [2.05, 4.69) is 70.5 Å². The molecule has 1 atom stereocenters. The number of thiazole rings is 1. The molecule has 6 heteroatoms. The molecule has 1 aliphatic rings. The number of rotatable bonds is 7. The normalized spacial score (nSPS) is 18.1. The second kappa shape index (κ2) is 10.7. The highest BCUT2D eigenvalue weighted by atomic mass is 32.1. The zero-order chi connectivity index (χ0) is 20.6. The Kier molecular flexibility index (Phi) is 8.07. The van der Waals surface area contributed by atoms with Crippen molar-refractivity contribution < 1.29 is 0 Å². The summed E-state index contributed by atoms with van der Waals surface area (Å²) < 4.78 is 0. The summed E-state index contributed by atoms with van der Waals surface area (Å²) in [4.78, 5) is 12.9. The van der Waals surface area contributed by atoms with E-state index in [1.54, 1.807) is 11.3 Å². The maximum absolute atomic E-state index is 4.61. The van der Waals surface area contributed by atoms with Crippen LogP contribution in [0.2, 0.25) is 0 Å². The van der Waals surface area contributed by atoms with Gasteiger partial charge in [-0.05, 0) is 50.3 Å². The highest BCUT2D eigenvalue weighted by molar-refractivity contribution is 7.11. The molecule has 3 rings (SSSR count). The average molecular weight is 414 g/mol. The molecular formula is C23H35N5S. The Morgan fingerprint density at radius 3 is 2.72 bits per heavy atom. The third kappa shape index (κ3) is 6.54. The van der Waals surface area contributed by atoms with Gasteiger partial charge in [-0.3, -0.25) is 9.89 Å². The Morgan fingerprint density at radius 2 is 2.03 bits per heavy atom. The first-order valence-electron chi connectivity index (χ1n) is 10.7. The monoisotopic (exact) mass is 413 g/mol. The van der Waals surface area contributed by atoms with Gasteiger partial charge < -0.3 is 10.6 Å². The van der Waals surface area contributed by atoms with Gasteiger partial charge in [0, 0.05) is 44.5 Å². The topological polar surface area (TPSA) is 52.6 Å². The van der Waals surface area contributed by atoms with Gasteiger partial charge in [-0.2, -0.15) is 0 Å². The van der Waals surface area contributed by atoms with Crippen molar-refractivity contribution in [3.8, 4) is 0 Å². The minimum atomic E-state index is 0.786. The zero-order valence-electron chi connectivity index (χ0n) is 18.3. The lowest BCUT2D eigenvalue weighted by Crippen LogP contribution is -2.38. The molecule has 2 N–H and O–H groups in total. The summed E-state index contributed by atoms with van der Waals surface area (Å²) in [6.07, 6.45) is 3.60. The van der Waals surface area contributed by atoms with E-state index in [0.29, 0.717) is 0 Å². The molecule has 1 aliphatic heterocycles. The number of nitrogens with one attached hydrogen (secondary N) is 2. The number of hydrogen-bond acceptors (Lipinski definition) is 4. The molecule has 1 fully saturated rings. The van der Waals surface area contributed by atoms with Crippen LogP contribution in [-0.4, -0.2) is 42.5 Å². The lowest BCUT2D eigenvalue weighted by Gasteiger charge is -2.31. The Labute approximate surface area is 179 Å². The van der Waals surface area contributed by atoms with Crippen LogP contribution in [0, 0.1) is 19.8 Å². The smallest absolute Gasteiger partial charge is 0.191 e. The van der Waals surface area contributed by atoms with Gasteiger partial charge in [-0.1, -0.05) is 31.2 Å². The lowest BCUT2D eigenvalue weighted by molar-refractivity contribution is 0.176. The van der Waals surface area contributed by atoms with Crippen LogP contribution in [0.1, 0.15) is 46.5 Å². The van der Waals surface area contributed by atoms with Gasteiger partial charge in [0.15, 0.2) is 5.96 Å². The summed E-state index contributed by atoms with van der Waals surface area (Å²) in [6.45, 7) is 11.7. The van der Waals surface area contributed by atoms with Gasteiger partial charge in [0.1, 0.15) is 0 Å². The molecular weight excluding hydrogens is 378 g/mol. The number of hydrogen-bond donors (Lipinski definition) is 2. The van der Waals surface area contributed by atoms with E-state index in [4.69, 9.17) is 0 Å². The maximum Gasteiger partial charge on any atom is 0.191 e. The van der Waals surface area contributed by atoms with Crippen LogP contribution in [0.3, 0.4) is 0 Å². The van der Waals surface area contributed by atoms with Crippen LogP contribution in [0.25, 0.3) is 0 Å². The minimum absolute atomic E-state index is 0.786. The number of likely N-dealkylation sites (tertiary alicyclic amines) is 1. The van der Waals surface area contributed by atoms with Crippen molar-refractivity contribution in [2.75, 3.05) is 26.7 Å². The molecule has 0 saturated carbocycles. The van der Waals surface area contributed by atoms with Crippen LogP contribution in [-0.2, 0) is 19.5 Å². The van der Waals surface area contributed by atoms with E-state index in [9.17, 15) is 0 Å². The number of aryl methyl sites for hydroxylation is 2. The molecule has 5 nitrogen and oxygen atoms in total. The van der Waals surface area contributed by atoms with Gasteiger partial charge in [-0.25, -0.2) is 4.98 Å². The number of aliphatic imine (C=N–C) groups is 1. The highest BCUT2D eigenvalue weighted by Crippen LogP contribution is 2.19. The van der Waals surface area contributed by atoms with Gasteiger partial charge in [0.05, 0.1) is 10.7 Å². The predicted octanol–water partition coefficient (Wildman–Crippen LogP) is 3.90. The quantitative estimate of drug-likeness (QED) is 0.534. The zero-order valence-corrected chi connectivity index (χ0v) is 19.1. The van der Waals surface area contributed by atoms with E-state index < -0.39 is 0 Å². The van der Waals surface area contributed by atoms with Crippen LogP contribution in [0.15, 0.2) is 29.3 Å². The van der Waals surface area contributed by atoms with Crippen LogP contribution in [0.4, 0.5) is 0 Å². The third-order valence-corrected chi connectivity index (χ3v) is 6.76. The molecule has 1 saturated heterocycles. The molecule has 0 aliphatic carbocycles. The van der Waals surface area contributed by atoms with Crippen LogP contribution >= 0.6 is 11.3 Å². The Bertz CT molecular complexity index is 794. The largest absolute Gasteiger partial charge is 0.356 e. The molecule has 2 aromatic rings. The Morgan fingerprint density at radius 1 is 1.24 bits per heavy atom. The fourth-order valence-electron chi connectivity index (χ4n) is 3.89. The Hall–Kier alpha value is -1.92. The predicted molar refractivity (Wildman–Crippen MR) is 124 cm³/mol. The number of guanidine groups is 1. The highest BCUT2D eigenvalue weighted by Gasteiger charge is 2.17. The number of nitrogens with zero attached hydrogens (tertiary/aromatic N) is 3. The second-order valence-corrected chi connectivity index (χ2v) is 9.39. The lowest BCUT2D eigenvalue weighted by atomic mass is 9.99. The summed E-state index contributed by atoms with van der Waals surface area (Å²) >= 11 is 1.79. The van der Waals surface area contributed by atoms with Crippen molar-refractivity contribution in [1.29, 1.82) is 0 Å². The Balaban J connectivity index is 1.50. The van der Waals surface area contributed by atoms with E-state index in [1.807, 2.05) is 7.05 Å². The molecule has 2 heterocycles. The first kappa shape index (κ1) is 21.8. The van der Waals surface area contributed by atoms with Gasteiger partial charge >= 0.3 is 0 Å². The van der Waals surface area contributed by atoms with Crippen molar-refractivity contribution in [3.63, 3.8) is 0 Å². The van der Waals surface area contributed by atoms with Crippen molar-refractivity contribution in [2.45, 2.75) is 53.1 Å². The van der Waals surface area contributed by atoms with Gasteiger partial charge in [0.2, 0.25) is 0 Å². The van der Waals surface area contributed by atoms with Crippen molar-refractivity contribution in [2.24, 2.45) is 10.9 Å². The first-order valence-corrected chi connectivity index (χ1v) is 11.5. The number of piperidine rings is 1. The van der Waals surface area contributed by atoms with E-state index >= 15 is 0 Å². The standard InChI is InChI=1S/C23H35N5S/c1-17-8-7-13-28(15-17)16-21-10-6-5-9-20(21)14-26-23(24-4)25-12-11-22-27-18(2)19(3)29-22/h5-6,9-10,17H,7-8,11-16H2,1-4H3,(H2,24,25,26). The molecule has 0 bridgehead atoms. The summed E-state index contributed by atoms with van der Waals surface area (Å²) in [5.74, 6) is 1.65. The van der Waals surface area contributed by atoms with Gasteiger partial charge in [0.25, 0.3) is 0 Å². The molecule has 158 valence electrons. The van der Waals surface area contributed by atoms with E-state index in [1.165, 1.54) is 46.9 Å². The molecule has 29 heavy (non-hydrogen) atoms. The maximum atomic E-state index is 4.61. The fourth-order valence-corrected chi connectivity index (χ4v) is 4.82. The van der Waals surface area contributed by atoms with Crippen LogP contribution in [0.5, 0.6) is 0 Å². The number of aromatic nitrogens is 1. The second-order valence-electron chi connectivity index (χ2n) is 8.10. The first-order chi connectivity index (χ1) is 14.0. The summed E-state index contributed by atoms with van der Waals surface area (Å²) in [5, 5.41) is 8.08. The van der Waals surface area contributed by atoms with E-state index in [-0.39, 0.29) is 0 Å². The van der Waals surface area contributed by atoms with Gasteiger partial charge in [-0.15, -0.1) is 11.3 Å². The molecule has 1 aromatic heterocycles. The summed E-state index contributed by atoms with van der Waals surface area (Å²) in [7, 11) is 1.83. The SMILES string of the molecule is CN=C(NCCc1nc(C)c(C)s1)NCc1ccccc1CN1CCCC(C)C1. The average Bonchev–Trinajstić information content (AvgIpc) is 3.03. The van der Waals surface area contributed by atoms with Crippen molar-refractivity contribution in [1.82, 2.24) is 20.5 Å². The fraction of sp³-hybridized carbons (Fsp3) is 0.565. The van der Waals surface area contributed by atoms with E-state index in [0.717, 1.165) is 43.6 Å². The third-order valence-electron chi connectivity index (χ3n) is 5.63. The number of benzene rings is 1. The van der Waals surface area contributed by atoms with Crippen LogP contribution < -0.4 is 10.6 Å².